The molecule has 1 aliphatic heterocycles. The summed E-state index contributed by atoms with van der Waals surface area (Å²) in [4.78, 5) is 3.78. The number of nitrogens with zero attached hydrogens (tertiary/aromatic N) is 3. The van der Waals surface area contributed by atoms with Crippen LogP contribution in [0.15, 0.2) is 64.6 Å². The van der Waals surface area contributed by atoms with Gasteiger partial charge in [0.05, 0.1) is 6.21 Å². The fourth-order valence-corrected chi connectivity index (χ4v) is 3.10. The predicted molar refractivity (Wildman–Crippen MR) is 99.1 cm³/mol. The normalized spacial score (nSPS) is 16.1. The lowest BCUT2D eigenvalue weighted by molar-refractivity contribution is 0.131. The summed E-state index contributed by atoms with van der Waals surface area (Å²) in [7, 11) is 0. The summed E-state index contributed by atoms with van der Waals surface area (Å²) in [6, 6.07) is 19.2. The maximum Gasteiger partial charge on any atom is 0.0542 e. The number of benzene rings is 2. The second-order valence-corrected chi connectivity index (χ2v) is 6.61. The van der Waals surface area contributed by atoms with Crippen LogP contribution in [0, 0.1) is 0 Å². The summed E-state index contributed by atoms with van der Waals surface area (Å²) in [6.07, 6.45) is 4.06. The molecule has 1 fully saturated rings. The third kappa shape index (κ3) is 4.85. The minimum absolute atomic E-state index is 0.992. The van der Waals surface area contributed by atoms with E-state index in [1.54, 1.807) is 11.8 Å². The van der Waals surface area contributed by atoms with Crippen LogP contribution in [0.25, 0.3) is 0 Å². The molecule has 1 heterocycles. The largest absolute Gasteiger partial charge is 0.295 e. The van der Waals surface area contributed by atoms with Crippen molar-refractivity contribution in [2.45, 2.75) is 11.4 Å². The molecular formula is C19H23N3S. The van der Waals surface area contributed by atoms with Crippen molar-refractivity contribution in [3.8, 4) is 0 Å². The zero-order valence-electron chi connectivity index (χ0n) is 13.6. The lowest BCUT2D eigenvalue weighted by Gasteiger charge is -2.33. The van der Waals surface area contributed by atoms with Crippen LogP contribution in [-0.4, -0.2) is 48.6 Å². The molecule has 23 heavy (non-hydrogen) atoms. The molecule has 0 aromatic heterocycles. The summed E-state index contributed by atoms with van der Waals surface area (Å²) >= 11 is 1.76. The van der Waals surface area contributed by atoms with Crippen molar-refractivity contribution in [3.05, 3.63) is 65.7 Å². The Morgan fingerprint density at radius 1 is 0.957 bits per heavy atom. The van der Waals surface area contributed by atoms with E-state index < -0.39 is 0 Å². The Labute approximate surface area is 143 Å². The van der Waals surface area contributed by atoms with Crippen LogP contribution >= 0.6 is 11.8 Å². The monoisotopic (exact) mass is 325 g/mol. The molecule has 0 atom stereocenters. The maximum atomic E-state index is 4.63. The van der Waals surface area contributed by atoms with Gasteiger partial charge in [0.1, 0.15) is 0 Å². The third-order valence-corrected chi connectivity index (χ3v) is 4.83. The zero-order valence-corrected chi connectivity index (χ0v) is 14.4. The molecule has 0 radical (unpaired) electrons. The molecule has 0 bridgehead atoms. The van der Waals surface area contributed by atoms with E-state index in [4.69, 9.17) is 0 Å². The number of thioether (sulfide) groups is 1. The van der Waals surface area contributed by atoms with E-state index in [1.165, 1.54) is 10.5 Å². The SMILES string of the molecule is CSc1ccc(/C=N\N2CCN(Cc3ccccc3)CC2)cc1. The van der Waals surface area contributed by atoms with Gasteiger partial charge in [-0.3, -0.25) is 9.91 Å². The van der Waals surface area contributed by atoms with Gasteiger partial charge in [-0.1, -0.05) is 42.5 Å². The zero-order chi connectivity index (χ0) is 15.9. The molecule has 3 rings (SSSR count). The van der Waals surface area contributed by atoms with Gasteiger partial charge in [0.25, 0.3) is 0 Å². The Hall–Kier alpha value is -1.78. The predicted octanol–water partition coefficient (Wildman–Crippen LogP) is 3.56. The highest BCUT2D eigenvalue weighted by molar-refractivity contribution is 7.98. The standard InChI is InChI=1S/C19H23N3S/c1-23-19-9-7-17(8-10-19)15-20-22-13-11-21(12-14-22)16-18-5-3-2-4-6-18/h2-10,15H,11-14,16H2,1H3/b20-15-. The first-order valence-electron chi connectivity index (χ1n) is 8.03. The Kier molecular flexibility index (Phi) is 5.72. The van der Waals surface area contributed by atoms with Crippen molar-refractivity contribution in [3.63, 3.8) is 0 Å². The van der Waals surface area contributed by atoms with Gasteiger partial charge in [-0.15, -0.1) is 11.8 Å². The highest BCUT2D eigenvalue weighted by Gasteiger charge is 2.15. The number of hydrazone groups is 1. The summed E-state index contributed by atoms with van der Waals surface area (Å²) in [5.74, 6) is 0. The molecule has 0 saturated carbocycles. The van der Waals surface area contributed by atoms with E-state index >= 15 is 0 Å². The lowest BCUT2D eigenvalue weighted by atomic mass is 10.2. The molecule has 0 spiro atoms. The summed E-state index contributed by atoms with van der Waals surface area (Å²) < 4.78 is 0. The first-order chi connectivity index (χ1) is 11.3. The molecule has 1 aliphatic rings. The Morgan fingerprint density at radius 2 is 1.65 bits per heavy atom. The van der Waals surface area contributed by atoms with Gasteiger partial charge in [0, 0.05) is 37.6 Å². The molecule has 0 N–H and O–H groups in total. The summed E-state index contributed by atoms with van der Waals surface area (Å²) in [5, 5.41) is 6.80. The highest BCUT2D eigenvalue weighted by atomic mass is 32.2. The molecule has 0 unspecified atom stereocenters. The fraction of sp³-hybridized carbons (Fsp3) is 0.316. The van der Waals surface area contributed by atoms with Crippen molar-refractivity contribution in [1.29, 1.82) is 0 Å². The van der Waals surface area contributed by atoms with E-state index in [1.807, 2.05) is 6.21 Å². The molecule has 4 heteroatoms. The first kappa shape index (κ1) is 16.1. The number of hydrogen-bond acceptors (Lipinski definition) is 4. The summed E-state index contributed by atoms with van der Waals surface area (Å²) in [6.45, 7) is 5.16. The molecule has 0 aliphatic carbocycles. The van der Waals surface area contributed by atoms with Crippen molar-refractivity contribution in [1.82, 2.24) is 9.91 Å². The van der Waals surface area contributed by atoms with Gasteiger partial charge >= 0.3 is 0 Å². The molecule has 1 saturated heterocycles. The Balaban J connectivity index is 1.47. The van der Waals surface area contributed by atoms with Crippen LogP contribution in [0.5, 0.6) is 0 Å². The third-order valence-electron chi connectivity index (χ3n) is 4.08. The first-order valence-corrected chi connectivity index (χ1v) is 9.25. The minimum Gasteiger partial charge on any atom is -0.295 e. The van der Waals surface area contributed by atoms with Gasteiger partial charge in [-0.25, -0.2) is 0 Å². The van der Waals surface area contributed by atoms with Crippen LogP contribution in [0.3, 0.4) is 0 Å². The maximum absolute atomic E-state index is 4.63. The van der Waals surface area contributed by atoms with Crippen LogP contribution < -0.4 is 0 Å². The molecular weight excluding hydrogens is 302 g/mol. The van der Waals surface area contributed by atoms with Crippen LogP contribution in [0.4, 0.5) is 0 Å². The van der Waals surface area contributed by atoms with E-state index in [9.17, 15) is 0 Å². The topological polar surface area (TPSA) is 18.8 Å². The van der Waals surface area contributed by atoms with Crippen LogP contribution in [-0.2, 0) is 6.54 Å². The second kappa shape index (κ2) is 8.18. The molecule has 2 aromatic carbocycles. The van der Waals surface area contributed by atoms with E-state index in [0.29, 0.717) is 0 Å². The Morgan fingerprint density at radius 3 is 2.30 bits per heavy atom. The van der Waals surface area contributed by atoms with Gasteiger partial charge in [0.15, 0.2) is 0 Å². The van der Waals surface area contributed by atoms with E-state index in [2.05, 4.69) is 75.9 Å². The van der Waals surface area contributed by atoms with Crippen molar-refractivity contribution < 1.29 is 0 Å². The van der Waals surface area contributed by atoms with Crippen molar-refractivity contribution in [2.24, 2.45) is 5.10 Å². The smallest absolute Gasteiger partial charge is 0.0542 e. The minimum atomic E-state index is 0.992. The van der Waals surface area contributed by atoms with Crippen molar-refractivity contribution in [2.75, 3.05) is 32.4 Å². The molecule has 3 nitrogen and oxygen atoms in total. The quantitative estimate of drug-likeness (QED) is 0.619. The Bertz CT molecular complexity index is 617. The van der Waals surface area contributed by atoms with Gasteiger partial charge in [-0.05, 0) is 29.5 Å². The number of hydrogen-bond donors (Lipinski definition) is 0. The fourth-order valence-electron chi connectivity index (χ4n) is 2.69. The van der Waals surface area contributed by atoms with Crippen molar-refractivity contribution >= 4 is 18.0 Å². The van der Waals surface area contributed by atoms with Gasteiger partial charge in [-0.2, -0.15) is 5.10 Å². The number of rotatable bonds is 5. The average molecular weight is 325 g/mol. The highest BCUT2D eigenvalue weighted by Crippen LogP contribution is 2.14. The van der Waals surface area contributed by atoms with E-state index in [-0.39, 0.29) is 0 Å². The summed E-state index contributed by atoms with van der Waals surface area (Å²) in [5.41, 5.74) is 2.55. The van der Waals surface area contributed by atoms with Gasteiger partial charge in [0.2, 0.25) is 0 Å². The van der Waals surface area contributed by atoms with E-state index in [0.717, 1.165) is 38.3 Å². The van der Waals surface area contributed by atoms with Crippen LogP contribution in [0.1, 0.15) is 11.1 Å². The second-order valence-electron chi connectivity index (χ2n) is 5.73. The molecule has 0 amide bonds. The molecule has 2 aromatic rings. The van der Waals surface area contributed by atoms with Crippen LogP contribution in [0.2, 0.25) is 0 Å². The lowest BCUT2D eigenvalue weighted by Crippen LogP contribution is -2.43. The number of piperazine rings is 1. The molecule has 120 valence electrons. The van der Waals surface area contributed by atoms with Gasteiger partial charge < -0.3 is 0 Å². The average Bonchev–Trinajstić information content (AvgIpc) is 2.62.